The molecule has 3 nitrogen and oxygen atoms in total. The van der Waals surface area contributed by atoms with Crippen molar-refractivity contribution in [3.63, 3.8) is 0 Å². The molecule has 1 atom stereocenters. The van der Waals surface area contributed by atoms with Crippen molar-refractivity contribution in [2.45, 2.75) is 19.8 Å². The second-order valence-electron chi connectivity index (χ2n) is 5.39. The summed E-state index contributed by atoms with van der Waals surface area (Å²) in [6.45, 7) is 4.37. The minimum Gasteiger partial charge on any atom is -0.398 e. The molecule has 2 aromatic rings. The Balaban J connectivity index is 2.15. The van der Waals surface area contributed by atoms with E-state index < -0.39 is 0 Å². The molecule has 1 aliphatic rings. The van der Waals surface area contributed by atoms with Gasteiger partial charge in [0.2, 0.25) is 0 Å². The molecule has 0 bridgehead atoms. The third-order valence-corrected chi connectivity index (χ3v) is 4.16. The van der Waals surface area contributed by atoms with Crippen LogP contribution in [0.25, 0.3) is 10.8 Å². The molecule has 2 heterocycles. The number of halogens is 1. The van der Waals surface area contributed by atoms with E-state index in [9.17, 15) is 0 Å². The number of hydrogen-bond donors (Lipinski definition) is 1. The maximum Gasteiger partial charge on any atom is 0.138 e. The predicted molar refractivity (Wildman–Crippen MR) is 81.8 cm³/mol. The SMILES string of the molecule is CC1CCCN(c2nccc3c(N)ccc(Cl)c23)C1. The zero-order valence-electron chi connectivity index (χ0n) is 11.1. The molecule has 1 unspecified atom stereocenters. The van der Waals surface area contributed by atoms with E-state index in [4.69, 9.17) is 17.3 Å². The lowest BCUT2D eigenvalue weighted by Gasteiger charge is -2.32. The van der Waals surface area contributed by atoms with Crippen molar-refractivity contribution in [2.75, 3.05) is 23.7 Å². The lowest BCUT2D eigenvalue weighted by Crippen LogP contribution is -2.34. The van der Waals surface area contributed by atoms with Crippen molar-refractivity contribution in [1.29, 1.82) is 0 Å². The Kier molecular flexibility index (Phi) is 3.23. The van der Waals surface area contributed by atoms with E-state index in [1.54, 1.807) is 0 Å². The van der Waals surface area contributed by atoms with Gasteiger partial charge in [0, 0.05) is 35.7 Å². The molecule has 0 amide bonds. The molecular weight excluding hydrogens is 258 g/mol. The molecule has 1 aromatic heterocycles. The molecule has 100 valence electrons. The molecule has 4 heteroatoms. The van der Waals surface area contributed by atoms with Crippen LogP contribution in [0, 0.1) is 5.92 Å². The smallest absolute Gasteiger partial charge is 0.138 e. The first-order valence-corrected chi connectivity index (χ1v) is 7.12. The van der Waals surface area contributed by atoms with Gasteiger partial charge in [-0.2, -0.15) is 0 Å². The molecule has 0 saturated carbocycles. The van der Waals surface area contributed by atoms with Crippen LogP contribution in [0.5, 0.6) is 0 Å². The van der Waals surface area contributed by atoms with Gasteiger partial charge in [0.15, 0.2) is 0 Å². The van der Waals surface area contributed by atoms with E-state index in [0.717, 1.165) is 40.4 Å². The number of piperidine rings is 1. The quantitative estimate of drug-likeness (QED) is 0.807. The maximum atomic E-state index is 6.37. The molecule has 0 aliphatic carbocycles. The Morgan fingerprint density at radius 3 is 3.00 bits per heavy atom. The Labute approximate surface area is 118 Å². The molecule has 3 rings (SSSR count). The number of nitrogen functional groups attached to an aromatic ring is 1. The number of hydrogen-bond acceptors (Lipinski definition) is 3. The highest BCUT2D eigenvalue weighted by atomic mass is 35.5. The number of aromatic nitrogens is 1. The molecule has 1 fully saturated rings. The summed E-state index contributed by atoms with van der Waals surface area (Å²) in [7, 11) is 0. The number of anilines is 2. The summed E-state index contributed by atoms with van der Waals surface area (Å²) in [5.74, 6) is 1.67. The standard InChI is InChI=1S/C15H18ClN3/c1-10-3-2-8-19(9-10)15-14-11(6-7-18-15)13(17)5-4-12(14)16/h4-7,10H,2-3,8-9,17H2,1H3. The van der Waals surface area contributed by atoms with Crippen LogP contribution >= 0.6 is 11.6 Å². The van der Waals surface area contributed by atoms with Crippen LogP contribution in [0.4, 0.5) is 11.5 Å². The average Bonchev–Trinajstić information content (AvgIpc) is 2.42. The average molecular weight is 276 g/mol. The highest BCUT2D eigenvalue weighted by Crippen LogP contribution is 2.35. The second kappa shape index (κ2) is 4.89. The molecule has 19 heavy (non-hydrogen) atoms. The number of rotatable bonds is 1. The van der Waals surface area contributed by atoms with Crippen molar-refractivity contribution in [3.8, 4) is 0 Å². The van der Waals surface area contributed by atoms with Crippen molar-refractivity contribution >= 4 is 33.9 Å². The van der Waals surface area contributed by atoms with E-state index in [0.29, 0.717) is 5.92 Å². The first-order valence-electron chi connectivity index (χ1n) is 6.74. The van der Waals surface area contributed by atoms with Gasteiger partial charge in [0.1, 0.15) is 5.82 Å². The van der Waals surface area contributed by atoms with Crippen LogP contribution in [0.3, 0.4) is 0 Å². The van der Waals surface area contributed by atoms with E-state index >= 15 is 0 Å². The van der Waals surface area contributed by atoms with Gasteiger partial charge in [-0.05, 0) is 37.0 Å². The van der Waals surface area contributed by atoms with E-state index in [-0.39, 0.29) is 0 Å². The number of pyridine rings is 1. The summed E-state index contributed by atoms with van der Waals surface area (Å²) in [4.78, 5) is 6.89. The highest BCUT2D eigenvalue weighted by Gasteiger charge is 2.20. The van der Waals surface area contributed by atoms with Gasteiger partial charge in [-0.25, -0.2) is 4.98 Å². The number of benzene rings is 1. The summed E-state index contributed by atoms with van der Waals surface area (Å²) in [6.07, 6.45) is 4.32. The Morgan fingerprint density at radius 1 is 1.37 bits per heavy atom. The van der Waals surface area contributed by atoms with Crippen LogP contribution in [-0.4, -0.2) is 18.1 Å². The van der Waals surface area contributed by atoms with Crippen LogP contribution in [0.15, 0.2) is 24.4 Å². The fourth-order valence-corrected chi connectivity index (χ4v) is 3.13. The van der Waals surface area contributed by atoms with Gasteiger partial charge >= 0.3 is 0 Å². The topological polar surface area (TPSA) is 42.2 Å². The zero-order valence-corrected chi connectivity index (χ0v) is 11.8. The molecular formula is C15H18ClN3. The monoisotopic (exact) mass is 275 g/mol. The van der Waals surface area contributed by atoms with Gasteiger partial charge < -0.3 is 10.6 Å². The van der Waals surface area contributed by atoms with Gasteiger partial charge in [-0.15, -0.1) is 0 Å². The number of nitrogens with zero attached hydrogens (tertiary/aromatic N) is 2. The molecule has 1 aromatic carbocycles. The Hall–Kier alpha value is -1.48. The van der Waals surface area contributed by atoms with Gasteiger partial charge in [0.05, 0.1) is 5.02 Å². The normalized spacial score (nSPS) is 19.9. The van der Waals surface area contributed by atoms with E-state index in [2.05, 4.69) is 16.8 Å². The van der Waals surface area contributed by atoms with Gasteiger partial charge in [-0.1, -0.05) is 18.5 Å². The third kappa shape index (κ3) is 2.23. The van der Waals surface area contributed by atoms with Crippen LogP contribution in [-0.2, 0) is 0 Å². The van der Waals surface area contributed by atoms with Crippen LogP contribution in [0.2, 0.25) is 5.02 Å². The number of nitrogens with two attached hydrogens (primary N) is 1. The summed E-state index contributed by atoms with van der Waals surface area (Å²) in [6, 6.07) is 5.65. The Bertz CT molecular complexity index is 612. The first-order chi connectivity index (χ1) is 9.16. The van der Waals surface area contributed by atoms with Gasteiger partial charge in [-0.3, -0.25) is 0 Å². The summed E-state index contributed by atoms with van der Waals surface area (Å²) < 4.78 is 0. The molecule has 1 saturated heterocycles. The Morgan fingerprint density at radius 2 is 2.21 bits per heavy atom. The fourth-order valence-electron chi connectivity index (χ4n) is 2.88. The first kappa shape index (κ1) is 12.5. The molecule has 1 aliphatic heterocycles. The van der Waals surface area contributed by atoms with Crippen LogP contribution < -0.4 is 10.6 Å². The van der Waals surface area contributed by atoms with E-state index in [1.807, 2.05) is 24.4 Å². The largest absolute Gasteiger partial charge is 0.398 e. The minimum absolute atomic E-state index is 0.700. The van der Waals surface area contributed by atoms with Crippen LogP contribution in [0.1, 0.15) is 19.8 Å². The molecule has 2 N–H and O–H groups in total. The van der Waals surface area contributed by atoms with Crippen molar-refractivity contribution in [2.24, 2.45) is 5.92 Å². The van der Waals surface area contributed by atoms with Crippen molar-refractivity contribution in [3.05, 3.63) is 29.4 Å². The van der Waals surface area contributed by atoms with Crippen molar-refractivity contribution in [1.82, 2.24) is 4.98 Å². The summed E-state index contributed by atoms with van der Waals surface area (Å²) in [5.41, 5.74) is 6.80. The van der Waals surface area contributed by atoms with Crippen molar-refractivity contribution < 1.29 is 0 Å². The number of fused-ring (bicyclic) bond motifs is 1. The second-order valence-corrected chi connectivity index (χ2v) is 5.79. The lowest BCUT2D eigenvalue weighted by molar-refractivity contribution is 0.445. The zero-order chi connectivity index (χ0) is 13.4. The maximum absolute atomic E-state index is 6.37. The predicted octanol–water partition coefficient (Wildman–Crippen LogP) is 3.71. The molecule has 0 spiro atoms. The minimum atomic E-state index is 0.700. The molecule has 0 radical (unpaired) electrons. The van der Waals surface area contributed by atoms with Gasteiger partial charge in [0.25, 0.3) is 0 Å². The fraction of sp³-hybridized carbons (Fsp3) is 0.400. The lowest BCUT2D eigenvalue weighted by atomic mass is 9.99. The highest BCUT2D eigenvalue weighted by molar-refractivity contribution is 6.37. The summed E-state index contributed by atoms with van der Waals surface area (Å²) >= 11 is 6.37. The summed E-state index contributed by atoms with van der Waals surface area (Å²) in [5, 5.41) is 2.71. The van der Waals surface area contributed by atoms with E-state index in [1.165, 1.54) is 12.8 Å². The third-order valence-electron chi connectivity index (χ3n) is 3.85.